The number of nitrogens with zero attached hydrogens (tertiary/aromatic N) is 1. The van der Waals surface area contributed by atoms with Gasteiger partial charge in [0.05, 0.1) is 17.1 Å². The molecule has 0 radical (unpaired) electrons. The summed E-state index contributed by atoms with van der Waals surface area (Å²) >= 11 is 0. The SMILES string of the molecule is NCC1CCCCC1Oc1cc(F)cc([N+](=O)[O-])c1. The summed E-state index contributed by atoms with van der Waals surface area (Å²) in [6.07, 6.45) is 3.91. The van der Waals surface area contributed by atoms with Gasteiger partial charge < -0.3 is 10.5 Å². The van der Waals surface area contributed by atoms with Gasteiger partial charge in [0, 0.05) is 12.0 Å². The van der Waals surface area contributed by atoms with Gasteiger partial charge in [-0.15, -0.1) is 0 Å². The zero-order valence-electron chi connectivity index (χ0n) is 10.5. The van der Waals surface area contributed by atoms with Gasteiger partial charge in [0.25, 0.3) is 5.69 Å². The lowest BCUT2D eigenvalue weighted by Crippen LogP contribution is -2.35. The molecule has 2 atom stereocenters. The van der Waals surface area contributed by atoms with Gasteiger partial charge in [0.15, 0.2) is 0 Å². The predicted octanol–water partition coefficient (Wildman–Crippen LogP) is 2.63. The zero-order chi connectivity index (χ0) is 13.8. The number of rotatable bonds is 4. The summed E-state index contributed by atoms with van der Waals surface area (Å²) in [5.41, 5.74) is 5.40. The molecule has 2 rings (SSSR count). The lowest BCUT2D eigenvalue weighted by atomic mass is 9.86. The van der Waals surface area contributed by atoms with Crippen LogP contribution >= 0.6 is 0 Å². The molecule has 0 bridgehead atoms. The Hall–Kier alpha value is -1.69. The Kier molecular flexibility index (Phi) is 4.31. The first-order valence-electron chi connectivity index (χ1n) is 6.42. The highest BCUT2D eigenvalue weighted by atomic mass is 19.1. The second-order valence-electron chi connectivity index (χ2n) is 4.84. The number of hydrogen-bond acceptors (Lipinski definition) is 4. The number of ether oxygens (including phenoxy) is 1. The molecular weight excluding hydrogens is 251 g/mol. The number of nitrogens with two attached hydrogens (primary N) is 1. The minimum absolute atomic E-state index is 0.0832. The molecule has 0 aromatic heterocycles. The van der Waals surface area contributed by atoms with Crippen molar-refractivity contribution in [2.75, 3.05) is 6.54 Å². The van der Waals surface area contributed by atoms with Gasteiger partial charge in [-0.1, -0.05) is 6.42 Å². The molecule has 104 valence electrons. The maximum absolute atomic E-state index is 13.3. The third-order valence-electron chi connectivity index (χ3n) is 3.50. The minimum atomic E-state index is -0.663. The Morgan fingerprint density at radius 2 is 2.11 bits per heavy atom. The van der Waals surface area contributed by atoms with E-state index in [0.29, 0.717) is 6.54 Å². The number of non-ortho nitro benzene ring substituents is 1. The molecule has 1 aromatic rings. The second-order valence-corrected chi connectivity index (χ2v) is 4.84. The van der Waals surface area contributed by atoms with E-state index in [9.17, 15) is 14.5 Å². The summed E-state index contributed by atoms with van der Waals surface area (Å²) in [5.74, 6) is -0.225. The molecule has 1 aliphatic rings. The summed E-state index contributed by atoms with van der Waals surface area (Å²) in [6.45, 7) is 0.516. The summed E-state index contributed by atoms with van der Waals surface area (Å²) in [6, 6.07) is 3.31. The standard InChI is InChI=1S/C13H17FN2O3/c14-10-5-11(16(17)18)7-12(6-10)19-13-4-2-1-3-9(13)8-15/h5-7,9,13H,1-4,8,15H2. The molecule has 1 fully saturated rings. The first-order chi connectivity index (χ1) is 9.10. The average Bonchev–Trinajstić information content (AvgIpc) is 2.38. The number of benzene rings is 1. The number of hydrogen-bond donors (Lipinski definition) is 1. The predicted molar refractivity (Wildman–Crippen MR) is 68.5 cm³/mol. The van der Waals surface area contributed by atoms with Crippen molar-refractivity contribution in [3.63, 3.8) is 0 Å². The molecule has 0 aliphatic heterocycles. The van der Waals surface area contributed by atoms with Crippen molar-refractivity contribution in [3.8, 4) is 5.75 Å². The summed E-state index contributed by atoms with van der Waals surface area (Å²) in [5, 5.41) is 10.7. The van der Waals surface area contributed by atoms with E-state index in [4.69, 9.17) is 10.5 Å². The second kappa shape index (κ2) is 5.97. The van der Waals surface area contributed by atoms with E-state index in [2.05, 4.69) is 0 Å². The number of halogens is 1. The molecule has 2 N–H and O–H groups in total. The fourth-order valence-corrected chi connectivity index (χ4v) is 2.49. The molecule has 19 heavy (non-hydrogen) atoms. The average molecular weight is 268 g/mol. The van der Waals surface area contributed by atoms with Crippen molar-refractivity contribution in [3.05, 3.63) is 34.1 Å². The van der Waals surface area contributed by atoms with Gasteiger partial charge in [0.1, 0.15) is 17.7 Å². The van der Waals surface area contributed by atoms with Crippen LogP contribution < -0.4 is 10.5 Å². The number of nitro groups is 1. The van der Waals surface area contributed by atoms with Gasteiger partial charge in [0.2, 0.25) is 0 Å². The van der Waals surface area contributed by atoms with E-state index in [0.717, 1.165) is 31.7 Å². The van der Waals surface area contributed by atoms with Gasteiger partial charge in [-0.2, -0.15) is 0 Å². The van der Waals surface area contributed by atoms with Crippen LogP contribution in [0.25, 0.3) is 0 Å². The third-order valence-corrected chi connectivity index (χ3v) is 3.50. The van der Waals surface area contributed by atoms with Crippen molar-refractivity contribution in [1.29, 1.82) is 0 Å². The number of nitro benzene ring substituents is 1. The van der Waals surface area contributed by atoms with Crippen LogP contribution in [0.4, 0.5) is 10.1 Å². The van der Waals surface area contributed by atoms with Crippen LogP contribution in [0.5, 0.6) is 5.75 Å². The Morgan fingerprint density at radius 1 is 1.37 bits per heavy atom. The molecule has 0 spiro atoms. The van der Waals surface area contributed by atoms with Crippen molar-refractivity contribution < 1.29 is 14.1 Å². The quantitative estimate of drug-likeness (QED) is 0.672. The van der Waals surface area contributed by atoms with Crippen molar-refractivity contribution in [1.82, 2.24) is 0 Å². The normalized spacial score (nSPS) is 23.1. The Morgan fingerprint density at radius 3 is 2.79 bits per heavy atom. The van der Waals surface area contributed by atoms with E-state index in [1.54, 1.807) is 0 Å². The lowest BCUT2D eigenvalue weighted by Gasteiger charge is -2.30. The van der Waals surface area contributed by atoms with Crippen molar-refractivity contribution in [2.45, 2.75) is 31.8 Å². The summed E-state index contributed by atoms with van der Waals surface area (Å²) < 4.78 is 19.0. The highest BCUT2D eigenvalue weighted by molar-refractivity contribution is 5.39. The summed E-state index contributed by atoms with van der Waals surface area (Å²) in [4.78, 5) is 10.1. The Balaban J connectivity index is 2.15. The fourth-order valence-electron chi connectivity index (χ4n) is 2.49. The maximum Gasteiger partial charge on any atom is 0.276 e. The highest BCUT2D eigenvalue weighted by Gasteiger charge is 2.26. The van der Waals surface area contributed by atoms with Gasteiger partial charge >= 0.3 is 0 Å². The first-order valence-corrected chi connectivity index (χ1v) is 6.42. The maximum atomic E-state index is 13.3. The molecule has 5 nitrogen and oxygen atoms in total. The first kappa shape index (κ1) is 13.7. The van der Waals surface area contributed by atoms with E-state index in [1.807, 2.05) is 0 Å². The van der Waals surface area contributed by atoms with Crippen LogP contribution in [-0.4, -0.2) is 17.6 Å². The smallest absolute Gasteiger partial charge is 0.276 e. The van der Waals surface area contributed by atoms with E-state index < -0.39 is 10.7 Å². The van der Waals surface area contributed by atoms with Crippen LogP contribution in [-0.2, 0) is 0 Å². The van der Waals surface area contributed by atoms with E-state index in [-0.39, 0.29) is 23.5 Å². The molecule has 0 amide bonds. The van der Waals surface area contributed by atoms with Gasteiger partial charge in [-0.25, -0.2) is 4.39 Å². The largest absolute Gasteiger partial charge is 0.490 e. The van der Waals surface area contributed by atoms with E-state index >= 15 is 0 Å². The van der Waals surface area contributed by atoms with Crippen LogP contribution in [0.2, 0.25) is 0 Å². The molecular formula is C13H17FN2O3. The molecule has 0 heterocycles. The monoisotopic (exact) mass is 268 g/mol. The molecule has 1 aromatic carbocycles. The fraction of sp³-hybridized carbons (Fsp3) is 0.538. The van der Waals surface area contributed by atoms with Crippen LogP contribution in [0.1, 0.15) is 25.7 Å². The molecule has 1 saturated carbocycles. The Bertz CT molecular complexity index is 467. The highest BCUT2D eigenvalue weighted by Crippen LogP contribution is 2.30. The third kappa shape index (κ3) is 3.41. The van der Waals surface area contributed by atoms with Crippen LogP contribution in [0, 0.1) is 21.8 Å². The van der Waals surface area contributed by atoms with E-state index in [1.165, 1.54) is 12.1 Å². The topological polar surface area (TPSA) is 78.4 Å². The zero-order valence-corrected chi connectivity index (χ0v) is 10.5. The lowest BCUT2D eigenvalue weighted by molar-refractivity contribution is -0.385. The molecule has 1 aliphatic carbocycles. The summed E-state index contributed by atoms with van der Waals surface area (Å²) in [7, 11) is 0. The van der Waals surface area contributed by atoms with Crippen LogP contribution in [0.15, 0.2) is 18.2 Å². The van der Waals surface area contributed by atoms with Gasteiger partial charge in [-0.05, 0) is 25.8 Å². The van der Waals surface area contributed by atoms with Crippen LogP contribution in [0.3, 0.4) is 0 Å². The van der Waals surface area contributed by atoms with Crippen molar-refractivity contribution >= 4 is 5.69 Å². The van der Waals surface area contributed by atoms with Crippen molar-refractivity contribution in [2.24, 2.45) is 11.7 Å². The Labute approximate surface area is 110 Å². The molecule has 0 saturated heterocycles. The minimum Gasteiger partial charge on any atom is -0.490 e. The molecule has 6 heteroatoms. The van der Waals surface area contributed by atoms with Gasteiger partial charge in [-0.3, -0.25) is 10.1 Å². The molecule has 2 unspecified atom stereocenters.